The zero-order valence-electron chi connectivity index (χ0n) is 15.4. The highest BCUT2D eigenvalue weighted by atomic mass is 32.1. The summed E-state index contributed by atoms with van der Waals surface area (Å²) >= 11 is 1.78. The van der Waals surface area contributed by atoms with Crippen LogP contribution in [0.2, 0.25) is 0 Å². The average molecular weight is 388 g/mol. The van der Waals surface area contributed by atoms with Gasteiger partial charge in [0.1, 0.15) is 11.4 Å². The monoisotopic (exact) mass is 388 g/mol. The van der Waals surface area contributed by atoms with Crippen molar-refractivity contribution in [1.82, 2.24) is 14.5 Å². The van der Waals surface area contributed by atoms with E-state index in [0.717, 1.165) is 13.0 Å². The molecule has 1 fully saturated rings. The first-order chi connectivity index (χ1) is 13.0. The minimum atomic E-state index is -0.689. The molecular formula is C19H24N4O3S. The second kappa shape index (κ2) is 7.09. The first kappa shape index (κ1) is 18.2. The second-order valence-corrected chi connectivity index (χ2v) is 8.40. The Bertz CT molecular complexity index is 986. The lowest BCUT2D eigenvalue weighted by Gasteiger charge is -2.35. The van der Waals surface area contributed by atoms with Gasteiger partial charge in [-0.05, 0) is 48.6 Å². The van der Waals surface area contributed by atoms with Crippen LogP contribution in [0.25, 0.3) is 0 Å². The van der Waals surface area contributed by atoms with Crippen molar-refractivity contribution in [3.05, 3.63) is 48.3 Å². The maximum absolute atomic E-state index is 13.0. The number of ketones is 1. The largest absolute Gasteiger partial charge is 0.384 e. The fraction of sp³-hybridized carbons (Fsp3) is 0.526. The van der Waals surface area contributed by atoms with Crippen molar-refractivity contribution in [3.8, 4) is 0 Å². The lowest BCUT2D eigenvalue weighted by molar-refractivity contribution is 0.0862. The SMILES string of the molecule is CCCn1c(N)c(C(=O)CN2CCc3sccc3[C@@H]2C2CC2)c(=O)[nH]c1=O. The molecule has 144 valence electrons. The van der Waals surface area contributed by atoms with Crippen molar-refractivity contribution >= 4 is 22.9 Å². The number of Topliss-reactive ketones (excluding diaryl/α,β-unsaturated/α-hetero) is 1. The van der Waals surface area contributed by atoms with Gasteiger partial charge in [-0.1, -0.05) is 6.92 Å². The van der Waals surface area contributed by atoms with Crippen LogP contribution < -0.4 is 17.0 Å². The standard InChI is InChI=1S/C19H24N4O3S/c1-2-7-23-17(20)15(18(25)21-19(23)26)13(24)10-22-8-5-14-12(6-9-27-14)16(22)11-3-4-11/h6,9,11,16H,2-5,7-8,10,20H2,1H3,(H,21,25,26)/t16-/m0/s1. The Balaban J connectivity index is 1.64. The summed E-state index contributed by atoms with van der Waals surface area (Å²) in [6.45, 7) is 3.22. The third kappa shape index (κ3) is 3.27. The zero-order chi connectivity index (χ0) is 19.1. The molecule has 1 saturated carbocycles. The van der Waals surface area contributed by atoms with E-state index in [1.54, 1.807) is 11.3 Å². The molecule has 0 amide bonds. The molecule has 0 spiro atoms. The van der Waals surface area contributed by atoms with Crippen LogP contribution in [0.1, 0.15) is 53.0 Å². The predicted molar refractivity (Wildman–Crippen MR) is 105 cm³/mol. The van der Waals surface area contributed by atoms with Gasteiger partial charge in [0.25, 0.3) is 5.56 Å². The number of carbonyl (C=O) groups excluding carboxylic acids is 1. The van der Waals surface area contributed by atoms with Crippen molar-refractivity contribution < 1.29 is 4.79 Å². The van der Waals surface area contributed by atoms with Crippen LogP contribution in [-0.4, -0.2) is 33.3 Å². The lowest BCUT2D eigenvalue weighted by atomic mass is 9.95. The Labute approximate surface area is 160 Å². The van der Waals surface area contributed by atoms with Crippen molar-refractivity contribution in [1.29, 1.82) is 0 Å². The highest BCUT2D eigenvalue weighted by molar-refractivity contribution is 7.10. The number of hydrogen-bond donors (Lipinski definition) is 2. The van der Waals surface area contributed by atoms with Gasteiger partial charge in [0.2, 0.25) is 0 Å². The number of aromatic nitrogens is 2. The number of carbonyl (C=O) groups is 1. The van der Waals surface area contributed by atoms with Gasteiger partial charge in [-0.2, -0.15) is 0 Å². The summed E-state index contributed by atoms with van der Waals surface area (Å²) in [5, 5.41) is 2.12. The molecule has 2 aromatic heterocycles. The van der Waals surface area contributed by atoms with Gasteiger partial charge in [0.05, 0.1) is 6.54 Å². The second-order valence-electron chi connectivity index (χ2n) is 7.40. The Morgan fingerprint density at radius 3 is 2.85 bits per heavy atom. The predicted octanol–water partition coefficient (Wildman–Crippen LogP) is 1.78. The highest BCUT2D eigenvalue weighted by Gasteiger charge is 2.40. The number of nitrogens with one attached hydrogen (secondary N) is 1. The molecule has 8 heteroatoms. The Kier molecular flexibility index (Phi) is 4.77. The summed E-state index contributed by atoms with van der Waals surface area (Å²) in [6, 6.07) is 2.41. The molecule has 2 aromatic rings. The summed E-state index contributed by atoms with van der Waals surface area (Å²) in [6.07, 6.45) is 3.95. The van der Waals surface area contributed by atoms with Crippen LogP contribution in [0.5, 0.6) is 0 Å². The molecule has 0 saturated heterocycles. The summed E-state index contributed by atoms with van der Waals surface area (Å²) in [5.74, 6) is 0.242. The Morgan fingerprint density at radius 1 is 1.37 bits per heavy atom. The highest BCUT2D eigenvalue weighted by Crippen LogP contribution is 2.48. The molecule has 0 radical (unpaired) electrons. The summed E-state index contributed by atoms with van der Waals surface area (Å²) in [7, 11) is 0. The smallest absolute Gasteiger partial charge is 0.329 e. The molecule has 2 aliphatic rings. The van der Waals surface area contributed by atoms with E-state index in [2.05, 4.69) is 21.3 Å². The number of aromatic amines is 1. The van der Waals surface area contributed by atoms with Gasteiger partial charge >= 0.3 is 5.69 Å². The molecule has 4 rings (SSSR count). The van der Waals surface area contributed by atoms with Gasteiger partial charge < -0.3 is 5.73 Å². The number of hydrogen-bond acceptors (Lipinski definition) is 6. The van der Waals surface area contributed by atoms with Gasteiger partial charge in [-0.3, -0.25) is 24.0 Å². The van der Waals surface area contributed by atoms with E-state index in [1.807, 2.05) is 6.92 Å². The zero-order valence-corrected chi connectivity index (χ0v) is 16.2. The molecule has 1 aliphatic heterocycles. The molecule has 1 atom stereocenters. The van der Waals surface area contributed by atoms with Gasteiger partial charge in [0, 0.05) is 24.0 Å². The lowest BCUT2D eigenvalue weighted by Crippen LogP contribution is -2.42. The number of nitrogen functional groups attached to an aromatic ring is 1. The minimum absolute atomic E-state index is 0.0215. The first-order valence-electron chi connectivity index (χ1n) is 9.47. The number of rotatable bonds is 6. The third-order valence-corrected chi connectivity index (χ3v) is 6.50. The van der Waals surface area contributed by atoms with E-state index in [9.17, 15) is 14.4 Å². The molecular weight excluding hydrogens is 364 g/mol. The van der Waals surface area contributed by atoms with E-state index < -0.39 is 11.2 Å². The van der Waals surface area contributed by atoms with E-state index >= 15 is 0 Å². The summed E-state index contributed by atoms with van der Waals surface area (Å²) < 4.78 is 1.28. The summed E-state index contributed by atoms with van der Waals surface area (Å²) in [5.41, 5.74) is 6.04. The van der Waals surface area contributed by atoms with Crippen LogP contribution in [0.4, 0.5) is 5.82 Å². The number of thiophene rings is 1. The maximum Gasteiger partial charge on any atom is 0.329 e. The fourth-order valence-electron chi connectivity index (χ4n) is 4.11. The number of H-pyrrole nitrogens is 1. The van der Waals surface area contributed by atoms with Crippen LogP contribution >= 0.6 is 11.3 Å². The van der Waals surface area contributed by atoms with Crippen LogP contribution in [-0.2, 0) is 13.0 Å². The van der Waals surface area contributed by atoms with Gasteiger partial charge in [-0.25, -0.2) is 4.79 Å². The number of nitrogens with zero attached hydrogens (tertiary/aromatic N) is 2. The van der Waals surface area contributed by atoms with E-state index in [1.165, 1.54) is 27.8 Å². The molecule has 1 aliphatic carbocycles. The quantitative estimate of drug-likeness (QED) is 0.735. The Morgan fingerprint density at radius 2 is 2.15 bits per heavy atom. The number of fused-ring (bicyclic) bond motifs is 1. The van der Waals surface area contributed by atoms with Crippen LogP contribution in [0.3, 0.4) is 0 Å². The van der Waals surface area contributed by atoms with Crippen molar-refractivity contribution in [2.45, 2.75) is 45.2 Å². The van der Waals surface area contributed by atoms with E-state index in [0.29, 0.717) is 18.9 Å². The molecule has 0 aromatic carbocycles. The van der Waals surface area contributed by atoms with Gasteiger partial charge in [0.15, 0.2) is 5.78 Å². The average Bonchev–Trinajstić information content (AvgIpc) is 3.34. The number of nitrogens with two attached hydrogens (primary N) is 1. The third-order valence-electron chi connectivity index (χ3n) is 5.50. The number of anilines is 1. The molecule has 27 heavy (non-hydrogen) atoms. The molecule has 0 unspecified atom stereocenters. The van der Waals surface area contributed by atoms with Crippen LogP contribution in [0, 0.1) is 5.92 Å². The van der Waals surface area contributed by atoms with Crippen molar-refractivity contribution in [3.63, 3.8) is 0 Å². The summed E-state index contributed by atoms with van der Waals surface area (Å²) in [4.78, 5) is 43.1. The minimum Gasteiger partial charge on any atom is -0.384 e. The topological polar surface area (TPSA) is 101 Å². The molecule has 3 heterocycles. The Hall–Kier alpha value is -2.19. The molecule has 3 N–H and O–H groups in total. The molecule has 7 nitrogen and oxygen atoms in total. The van der Waals surface area contributed by atoms with E-state index in [-0.39, 0.29) is 29.8 Å². The van der Waals surface area contributed by atoms with Crippen LogP contribution in [0.15, 0.2) is 21.0 Å². The molecule has 0 bridgehead atoms. The van der Waals surface area contributed by atoms with Crippen molar-refractivity contribution in [2.24, 2.45) is 5.92 Å². The normalized spacial score (nSPS) is 19.8. The first-order valence-corrected chi connectivity index (χ1v) is 10.3. The maximum atomic E-state index is 13.0. The van der Waals surface area contributed by atoms with Gasteiger partial charge in [-0.15, -0.1) is 11.3 Å². The van der Waals surface area contributed by atoms with E-state index in [4.69, 9.17) is 5.73 Å². The fourth-order valence-corrected chi connectivity index (χ4v) is 5.02. The van der Waals surface area contributed by atoms with Crippen molar-refractivity contribution in [2.75, 3.05) is 18.8 Å².